The summed E-state index contributed by atoms with van der Waals surface area (Å²) in [5.74, 6) is 0.393. The van der Waals surface area contributed by atoms with E-state index >= 15 is 0 Å². The fraction of sp³-hybridized carbons (Fsp3) is 0.933. The summed E-state index contributed by atoms with van der Waals surface area (Å²) in [5, 5.41) is 2.85. The lowest BCUT2D eigenvalue weighted by Crippen LogP contribution is -2.43. The van der Waals surface area contributed by atoms with Crippen LogP contribution in [0, 0.1) is 5.92 Å². The van der Waals surface area contributed by atoms with Crippen molar-refractivity contribution in [3.8, 4) is 0 Å². The van der Waals surface area contributed by atoms with E-state index in [1.165, 1.54) is 0 Å². The van der Waals surface area contributed by atoms with Crippen LogP contribution >= 0.6 is 0 Å². The van der Waals surface area contributed by atoms with Crippen LogP contribution in [-0.4, -0.2) is 29.9 Å². The molecule has 0 aromatic carbocycles. The summed E-state index contributed by atoms with van der Waals surface area (Å²) in [6, 6.07) is 0.296. The first-order valence-electron chi connectivity index (χ1n) is 7.47. The number of alkyl carbamates (subject to hydrolysis) is 1. The number of hydroxylamine groups is 1. The fourth-order valence-corrected chi connectivity index (χ4v) is 2.22. The molecule has 20 heavy (non-hydrogen) atoms. The van der Waals surface area contributed by atoms with Crippen LogP contribution in [-0.2, 0) is 9.57 Å². The van der Waals surface area contributed by atoms with Gasteiger partial charge in [-0.25, -0.2) is 4.79 Å². The first-order valence-corrected chi connectivity index (χ1v) is 7.47. The van der Waals surface area contributed by atoms with Crippen LogP contribution in [0.25, 0.3) is 0 Å². The van der Waals surface area contributed by atoms with Gasteiger partial charge in [-0.2, -0.15) is 5.48 Å². The van der Waals surface area contributed by atoms with Crippen LogP contribution in [0.4, 0.5) is 4.79 Å². The van der Waals surface area contributed by atoms with Crippen LogP contribution in [0.5, 0.6) is 0 Å². The Morgan fingerprint density at radius 1 is 1.10 bits per heavy atom. The average Bonchev–Trinajstić information content (AvgIpc) is 2.67. The Morgan fingerprint density at radius 2 is 1.75 bits per heavy atom. The minimum absolute atomic E-state index is 0.203. The molecule has 0 radical (unpaired) electrons. The largest absolute Gasteiger partial charge is 0.444 e. The van der Waals surface area contributed by atoms with Gasteiger partial charge in [0.05, 0.1) is 5.60 Å². The molecule has 118 valence electrons. The third kappa shape index (κ3) is 7.10. The van der Waals surface area contributed by atoms with Gasteiger partial charge in [0.2, 0.25) is 0 Å². The number of amides is 1. The highest BCUT2D eigenvalue weighted by Gasteiger charge is 2.29. The van der Waals surface area contributed by atoms with E-state index in [2.05, 4.69) is 10.8 Å². The van der Waals surface area contributed by atoms with Crippen molar-refractivity contribution < 1.29 is 14.4 Å². The highest BCUT2D eigenvalue weighted by atomic mass is 16.7. The number of nitrogens with one attached hydrogen (secondary N) is 2. The lowest BCUT2D eigenvalue weighted by molar-refractivity contribution is -0.0930. The molecular weight excluding hydrogens is 256 g/mol. The summed E-state index contributed by atoms with van der Waals surface area (Å²) in [7, 11) is 0. The maximum atomic E-state index is 11.7. The normalized spacial score (nSPS) is 23.7. The molecule has 1 aliphatic carbocycles. The lowest BCUT2D eigenvalue weighted by Gasteiger charge is -2.27. The first kappa shape index (κ1) is 17.2. The molecule has 2 atom stereocenters. The van der Waals surface area contributed by atoms with E-state index < -0.39 is 5.60 Å². The second-order valence-corrected chi connectivity index (χ2v) is 7.51. The van der Waals surface area contributed by atoms with Gasteiger partial charge >= 0.3 is 6.09 Å². The molecule has 0 aromatic heterocycles. The Balaban J connectivity index is 2.33. The van der Waals surface area contributed by atoms with Gasteiger partial charge < -0.3 is 10.1 Å². The SMILES string of the molecule is CC(C)(C)ONC1CCCC1CNC(=O)OC(C)(C)C. The number of hydrogen-bond acceptors (Lipinski definition) is 4. The molecule has 1 saturated carbocycles. The molecule has 1 aliphatic rings. The Kier molecular flexibility index (Phi) is 5.83. The van der Waals surface area contributed by atoms with E-state index in [1.54, 1.807) is 0 Å². The monoisotopic (exact) mass is 286 g/mol. The molecule has 0 heterocycles. The predicted molar refractivity (Wildman–Crippen MR) is 79.3 cm³/mol. The van der Waals surface area contributed by atoms with Crippen molar-refractivity contribution in [2.45, 2.75) is 78.0 Å². The standard InChI is InChI=1S/C15H30N2O3/c1-14(2,3)19-13(18)16-10-11-8-7-9-12(11)17-20-15(4,5)6/h11-12,17H,7-10H2,1-6H3,(H,16,18). The maximum absolute atomic E-state index is 11.7. The third-order valence-electron chi connectivity index (χ3n) is 3.08. The predicted octanol–water partition coefficient (Wildman–Crippen LogP) is 3.00. The molecule has 1 amide bonds. The Labute approximate surface area is 122 Å². The zero-order chi connectivity index (χ0) is 15.4. The van der Waals surface area contributed by atoms with E-state index in [-0.39, 0.29) is 11.7 Å². The van der Waals surface area contributed by atoms with Crippen LogP contribution in [0.1, 0.15) is 60.8 Å². The molecule has 5 nitrogen and oxygen atoms in total. The van der Waals surface area contributed by atoms with Crippen molar-refractivity contribution in [1.82, 2.24) is 10.8 Å². The van der Waals surface area contributed by atoms with E-state index in [9.17, 15) is 4.79 Å². The van der Waals surface area contributed by atoms with Crippen molar-refractivity contribution in [2.75, 3.05) is 6.54 Å². The van der Waals surface area contributed by atoms with Crippen LogP contribution in [0.3, 0.4) is 0 Å². The number of ether oxygens (including phenoxy) is 1. The van der Waals surface area contributed by atoms with Gasteiger partial charge in [0.25, 0.3) is 0 Å². The van der Waals surface area contributed by atoms with E-state index in [0.29, 0.717) is 18.5 Å². The van der Waals surface area contributed by atoms with Crippen LogP contribution in [0.15, 0.2) is 0 Å². The molecule has 0 aliphatic heterocycles. The minimum Gasteiger partial charge on any atom is -0.444 e. The van der Waals surface area contributed by atoms with Crippen LogP contribution in [0.2, 0.25) is 0 Å². The van der Waals surface area contributed by atoms with Crippen molar-refractivity contribution in [3.05, 3.63) is 0 Å². The zero-order valence-corrected chi connectivity index (χ0v) is 13.7. The molecule has 1 fully saturated rings. The van der Waals surface area contributed by atoms with Gasteiger partial charge in [-0.3, -0.25) is 4.84 Å². The van der Waals surface area contributed by atoms with Gasteiger partial charge in [0.15, 0.2) is 0 Å². The van der Waals surface area contributed by atoms with Gasteiger partial charge in [-0.05, 0) is 60.3 Å². The highest BCUT2D eigenvalue weighted by Crippen LogP contribution is 2.25. The maximum Gasteiger partial charge on any atom is 0.407 e. The van der Waals surface area contributed by atoms with Gasteiger partial charge in [-0.1, -0.05) is 6.42 Å². The van der Waals surface area contributed by atoms with Crippen molar-refractivity contribution in [1.29, 1.82) is 0 Å². The van der Waals surface area contributed by atoms with Crippen molar-refractivity contribution in [3.63, 3.8) is 0 Å². The molecule has 2 unspecified atom stereocenters. The van der Waals surface area contributed by atoms with E-state index in [1.807, 2.05) is 41.5 Å². The van der Waals surface area contributed by atoms with Crippen LogP contribution < -0.4 is 10.8 Å². The topological polar surface area (TPSA) is 59.6 Å². The van der Waals surface area contributed by atoms with E-state index in [4.69, 9.17) is 9.57 Å². The summed E-state index contributed by atoms with van der Waals surface area (Å²) < 4.78 is 5.25. The molecular formula is C15H30N2O3. The number of hydrogen-bond donors (Lipinski definition) is 2. The zero-order valence-electron chi connectivity index (χ0n) is 13.7. The first-order chi connectivity index (χ1) is 9.07. The summed E-state index contributed by atoms with van der Waals surface area (Å²) >= 11 is 0. The Bertz CT molecular complexity index is 318. The Morgan fingerprint density at radius 3 is 2.30 bits per heavy atom. The number of rotatable bonds is 4. The smallest absolute Gasteiger partial charge is 0.407 e. The molecule has 1 rings (SSSR count). The second kappa shape index (κ2) is 6.76. The summed E-state index contributed by atoms with van der Waals surface area (Å²) in [6.07, 6.45) is 2.99. The molecule has 2 N–H and O–H groups in total. The molecule has 0 bridgehead atoms. The fourth-order valence-electron chi connectivity index (χ4n) is 2.22. The van der Waals surface area contributed by atoms with Crippen molar-refractivity contribution in [2.24, 2.45) is 5.92 Å². The summed E-state index contributed by atoms with van der Waals surface area (Å²) in [6.45, 7) is 12.3. The van der Waals surface area contributed by atoms with Gasteiger partial charge in [0.1, 0.15) is 5.60 Å². The van der Waals surface area contributed by atoms with Gasteiger partial charge in [-0.15, -0.1) is 0 Å². The molecule has 0 aromatic rings. The summed E-state index contributed by atoms with van der Waals surface area (Å²) in [4.78, 5) is 17.3. The molecule has 0 saturated heterocycles. The van der Waals surface area contributed by atoms with Gasteiger partial charge in [0, 0.05) is 12.6 Å². The highest BCUT2D eigenvalue weighted by molar-refractivity contribution is 5.67. The average molecular weight is 286 g/mol. The number of carbonyl (C=O) groups is 1. The third-order valence-corrected chi connectivity index (χ3v) is 3.08. The quantitative estimate of drug-likeness (QED) is 0.780. The molecule has 0 spiro atoms. The minimum atomic E-state index is -0.452. The summed E-state index contributed by atoms with van der Waals surface area (Å²) in [5.41, 5.74) is 2.50. The van der Waals surface area contributed by atoms with E-state index in [0.717, 1.165) is 19.3 Å². The second-order valence-electron chi connectivity index (χ2n) is 7.51. The van der Waals surface area contributed by atoms with Crippen molar-refractivity contribution >= 4 is 6.09 Å². The number of carbonyl (C=O) groups excluding carboxylic acids is 1. The lowest BCUT2D eigenvalue weighted by atomic mass is 10.0. The molecule has 5 heteroatoms. The Hall–Kier alpha value is -0.810.